The molecule has 17 heavy (non-hydrogen) atoms. The number of halogens is 1. The minimum atomic E-state index is 0.137. The molecule has 0 saturated carbocycles. The molecule has 1 N–H and O–H groups in total. The van der Waals surface area contributed by atoms with Crippen molar-refractivity contribution in [3.63, 3.8) is 0 Å². The van der Waals surface area contributed by atoms with Gasteiger partial charge in [-0.2, -0.15) is 0 Å². The maximum absolute atomic E-state index is 5.80. The van der Waals surface area contributed by atoms with E-state index in [2.05, 4.69) is 22.6 Å². The number of aromatic nitrogens is 1. The number of hydrogen-bond acceptors (Lipinski definition) is 4. The van der Waals surface area contributed by atoms with Gasteiger partial charge < -0.3 is 9.73 Å². The Balaban J connectivity index is 2.12. The monoisotopic (exact) mass is 270 g/mol. The third-order valence-electron chi connectivity index (χ3n) is 2.43. The van der Waals surface area contributed by atoms with Crippen molar-refractivity contribution in [1.82, 2.24) is 10.3 Å². The number of aryl methyl sites for hydroxylation is 1. The van der Waals surface area contributed by atoms with E-state index < -0.39 is 0 Å². The first-order valence-corrected chi connectivity index (χ1v) is 6.84. The first-order valence-electron chi connectivity index (χ1n) is 5.58. The van der Waals surface area contributed by atoms with Crippen LogP contribution in [0.2, 0.25) is 5.22 Å². The summed E-state index contributed by atoms with van der Waals surface area (Å²) in [6, 6.07) is 3.82. The molecule has 0 saturated heterocycles. The second-order valence-corrected chi connectivity index (χ2v) is 5.15. The summed E-state index contributed by atoms with van der Waals surface area (Å²) in [5.74, 6) is 0.865. The van der Waals surface area contributed by atoms with E-state index >= 15 is 0 Å². The lowest BCUT2D eigenvalue weighted by Crippen LogP contribution is -2.22. The third kappa shape index (κ3) is 3.31. The van der Waals surface area contributed by atoms with Crippen molar-refractivity contribution < 1.29 is 4.42 Å². The van der Waals surface area contributed by atoms with Crippen LogP contribution in [0.5, 0.6) is 0 Å². The molecule has 1 atom stereocenters. The maximum Gasteiger partial charge on any atom is 0.193 e. The van der Waals surface area contributed by atoms with Gasteiger partial charge in [0.2, 0.25) is 0 Å². The lowest BCUT2D eigenvalue weighted by atomic mass is 10.1. The Kier molecular flexibility index (Phi) is 4.20. The quantitative estimate of drug-likeness (QED) is 0.902. The smallest absolute Gasteiger partial charge is 0.193 e. The van der Waals surface area contributed by atoms with Crippen LogP contribution in [0.1, 0.15) is 29.4 Å². The highest BCUT2D eigenvalue weighted by Crippen LogP contribution is 2.24. The summed E-state index contributed by atoms with van der Waals surface area (Å²) in [4.78, 5) is 4.47. The molecule has 2 heterocycles. The summed E-state index contributed by atoms with van der Waals surface area (Å²) >= 11 is 7.48. The van der Waals surface area contributed by atoms with E-state index in [4.69, 9.17) is 16.0 Å². The Hall–Kier alpha value is -0.840. The Morgan fingerprint density at radius 3 is 2.88 bits per heavy atom. The predicted octanol–water partition coefficient (Wildman–Crippen LogP) is 3.59. The molecule has 2 aromatic heterocycles. The van der Waals surface area contributed by atoms with Gasteiger partial charge in [-0.05, 0) is 37.2 Å². The highest BCUT2D eigenvalue weighted by atomic mass is 35.5. The van der Waals surface area contributed by atoms with Crippen molar-refractivity contribution in [2.75, 3.05) is 6.54 Å². The summed E-state index contributed by atoms with van der Waals surface area (Å²) in [5.41, 5.74) is 1.07. The molecular formula is C12H15ClN2OS. The number of furan rings is 1. The van der Waals surface area contributed by atoms with Gasteiger partial charge in [0.15, 0.2) is 5.22 Å². The number of rotatable bonds is 5. The molecule has 0 aliphatic heterocycles. The van der Waals surface area contributed by atoms with Gasteiger partial charge in [-0.25, -0.2) is 4.98 Å². The molecule has 0 aliphatic carbocycles. The van der Waals surface area contributed by atoms with Gasteiger partial charge in [-0.15, -0.1) is 11.3 Å². The topological polar surface area (TPSA) is 38.1 Å². The molecule has 2 rings (SSSR count). The van der Waals surface area contributed by atoms with Crippen LogP contribution in [0.15, 0.2) is 21.9 Å². The minimum absolute atomic E-state index is 0.137. The van der Waals surface area contributed by atoms with E-state index in [1.165, 1.54) is 0 Å². The Morgan fingerprint density at radius 1 is 1.53 bits per heavy atom. The lowest BCUT2D eigenvalue weighted by Gasteiger charge is -2.13. The van der Waals surface area contributed by atoms with Crippen molar-refractivity contribution in [3.8, 4) is 0 Å². The lowest BCUT2D eigenvalue weighted by molar-refractivity contribution is 0.417. The van der Waals surface area contributed by atoms with Crippen molar-refractivity contribution >= 4 is 22.9 Å². The average Bonchev–Trinajstić information content (AvgIpc) is 2.87. The van der Waals surface area contributed by atoms with Crippen LogP contribution in [0, 0.1) is 6.92 Å². The normalized spacial score (nSPS) is 12.9. The number of thiazole rings is 1. The van der Waals surface area contributed by atoms with Crippen molar-refractivity contribution in [3.05, 3.63) is 39.2 Å². The van der Waals surface area contributed by atoms with Crippen LogP contribution in [0.4, 0.5) is 0 Å². The zero-order chi connectivity index (χ0) is 12.3. The van der Waals surface area contributed by atoms with Crippen LogP contribution in [-0.2, 0) is 6.42 Å². The van der Waals surface area contributed by atoms with E-state index in [0.717, 1.165) is 29.4 Å². The molecule has 2 aromatic rings. The van der Waals surface area contributed by atoms with Crippen molar-refractivity contribution in [2.24, 2.45) is 0 Å². The average molecular weight is 271 g/mol. The molecule has 5 heteroatoms. The second kappa shape index (κ2) is 5.67. The fourth-order valence-electron chi connectivity index (χ4n) is 1.71. The standard InChI is InChI=1S/C12H15ClN2OS/c1-3-14-9(10-4-5-11(13)16-10)6-12-15-8(2)7-17-12/h4-5,7,9,14H,3,6H2,1-2H3. The van der Waals surface area contributed by atoms with Crippen LogP contribution < -0.4 is 5.32 Å². The first kappa shape index (κ1) is 12.6. The molecule has 92 valence electrons. The van der Waals surface area contributed by atoms with Gasteiger partial charge in [-0.3, -0.25) is 0 Å². The number of nitrogens with one attached hydrogen (secondary N) is 1. The predicted molar refractivity (Wildman–Crippen MR) is 70.7 cm³/mol. The van der Waals surface area contributed by atoms with E-state index in [-0.39, 0.29) is 6.04 Å². The van der Waals surface area contributed by atoms with Crippen LogP contribution in [-0.4, -0.2) is 11.5 Å². The molecule has 1 unspecified atom stereocenters. The second-order valence-electron chi connectivity index (χ2n) is 3.84. The Morgan fingerprint density at radius 2 is 2.35 bits per heavy atom. The van der Waals surface area contributed by atoms with Crippen molar-refractivity contribution in [1.29, 1.82) is 0 Å². The fourth-order valence-corrected chi connectivity index (χ4v) is 2.68. The first-order chi connectivity index (χ1) is 8.19. The molecule has 0 aromatic carbocycles. The van der Waals surface area contributed by atoms with E-state index in [1.54, 1.807) is 17.4 Å². The van der Waals surface area contributed by atoms with Gasteiger partial charge in [-0.1, -0.05) is 6.92 Å². The highest BCUT2D eigenvalue weighted by molar-refractivity contribution is 7.09. The molecule has 0 amide bonds. The van der Waals surface area contributed by atoms with Gasteiger partial charge in [0.25, 0.3) is 0 Å². The largest absolute Gasteiger partial charge is 0.448 e. The zero-order valence-corrected chi connectivity index (χ0v) is 11.4. The maximum atomic E-state index is 5.80. The van der Waals surface area contributed by atoms with E-state index in [9.17, 15) is 0 Å². The molecular weight excluding hydrogens is 256 g/mol. The molecule has 3 nitrogen and oxygen atoms in total. The van der Waals surface area contributed by atoms with Gasteiger partial charge in [0.05, 0.1) is 11.0 Å². The molecule has 0 bridgehead atoms. The van der Waals surface area contributed by atoms with E-state index in [1.807, 2.05) is 13.0 Å². The van der Waals surface area contributed by atoms with Crippen LogP contribution in [0.25, 0.3) is 0 Å². The highest BCUT2D eigenvalue weighted by Gasteiger charge is 2.16. The summed E-state index contributed by atoms with van der Waals surface area (Å²) in [7, 11) is 0. The Bertz CT molecular complexity index is 480. The Labute approximate surface area is 110 Å². The summed E-state index contributed by atoms with van der Waals surface area (Å²) in [6.45, 7) is 4.96. The summed E-state index contributed by atoms with van der Waals surface area (Å²) in [5, 5.41) is 6.99. The molecule has 0 fully saturated rings. The number of likely N-dealkylation sites (N-methyl/N-ethyl adjacent to an activating group) is 1. The minimum Gasteiger partial charge on any atom is -0.448 e. The molecule has 0 radical (unpaired) electrons. The molecule has 0 spiro atoms. The SMILES string of the molecule is CCNC(Cc1nc(C)cs1)c1ccc(Cl)o1. The summed E-state index contributed by atoms with van der Waals surface area (Å²) in [6.07, 6.45) is 0.830. The zero-order valence-electron chi connectivity index (χ0n) is 9.87. The van der Waals surface area contributed by atoms with Gasteiger partial charge in [0.1, 0.15) is 5.76 Å². The van der Waals surface area contributed by atoms with Gasteiger partial charge in [0, 0.05) is 17.5 Å². The fraction of sp³-hybridized carbons (Fsp3) is 0.417. The number of hydrogen-bond donors (Lipinski definition) is 1. The van der Waals surface area contributed by atoms with Crippen LogP contribution >= 0.6 is 22.9 Å². The molecule has 0 aliphatic rings. The van der Waals surface area contributed by atoms with E-state index in [0.29, 0.717) is 5.22 Å². The summed E-state index contributed by atoms with van der Waals surface area (Å²) < 4.78 is 5.46. The van der Waals surface area contributed by atoms with Crippen LogP contribution in [0.3, 0.4) is 0 Å². The van der Waals surface area contributed by atoms with Gasteiger partial charge >= 0.3 is 0 Å². The van der Waals surface area contributed by atoms with Crippen molar-refractivity contribution in [2.45, 2.75) is 26.3 Å². The number of nitrogens with zero attached hydrogens (tertiary/aromatic N) is 1. The third-order valence-corrected chi connectivity index (χ3v) is 3.63.